The van der Waals surface area contributed by atoms with Crippen molar-refractivity contribution in [3.63, 3.8) is 0 Å². The Bertz CT molecular complexity index is 1050. The highest BCUT2D eigenvalue weighted by Gasteiger charge is 2.46. The van der Waals surface area contributed by atoms with E-state index < -0.39 is 17.7 Å². The molecule has 0 saturated carbocycles. The van der Waals surface area contributed by atoms with E-state index in [0.717, 1.165) is 29.8 Å². The predicted molar refractivity (Wildman–Crippen MR) is 131 cm³/mol. The summed E-state index contributed by atoms with van der Waals surface area (Å²) in [5.41, 5.74) is 3.26. The lowest BCUT2D eigenvalue weighted by Crippen LogP contribution is -2.38. The van der Waals surface area contributed by atoms with E-state index in [2.05, 4.69) is 44.5 Å². The zero-order chi connectivity index (χ0) is 24.3. The first-order valence-electron chi connectivity index (χ1n) is 11.6. The van der Waals surface area contributed by atoms with Crippen molar-refractivity contribution < 1.29 is 14.7 Å². The number of Topliss-reactive ketones (excluding diaryl/α,β-unsaturated/α-hetero) is 1. The summed E-state index contributed by atoms with van der Waals surface area (Å²) in [6, 6.07) is 8.86. The molecule has 1 aromatic carbocycles. The maximum absolute atomic E-state index is 13.3. The predicted octanol–water partition coefficient (Wildman–Crippen LogP) is 4.45. The van der Waals surface area contributed by atoms with Gasteiger partial charge in [-0.15, -0.1) is 0 Å². The highest BCUT2D eigenvalue weighted by molar-refractivity contribution is 6.46. The molecule has 2 aromatic rings. The molecule has 1 aliphatic heterocycles. The number of hydrogen-bond acceptors (Lipinski definition) is 5. The third-order valence-corrected chi connectivity index (χ3v) is 6.47. The first-order chi connectivity index (χ1) is 15.6. The lowest BCUT2D eigenvalue weighted by Gasteiger charge is -2.28. The van der Waals surface area contributed by atoms with Crippen LogP contribution >= 0.6 is 0 Å². The molecule has 1 aliphatic rings. The second kappa shape index (κ2) is 9.87. The van der Waals surface area contributed by atoms with Crippen molar-refractivity contribution in [3.05, 3.63) is 70.6 Å². The van der Waals surface area contributed by atoms with Crippen molar-refractivity contribution in [1.82, 2.24) is 14.8 Å². The van der Waals surface area contributed by atoms with Gasteiger partial charge in [0.15, 0.2) is 0 Å². The van der Waals surface area contributed by atoms with Crippen LogP contribution in [-0.2, 0) is 15.0 Å². The van der Waals surface area contributed by atoms with Gasteiger partial charge in [0.05, 0.1) is 11.6 Å². The van der Waals surface area contributed by atoms with Crippen LogP contribution in [0.15, 0.2) is 48.3 Å². The number of aliphatic hydroxyl groups excluding tert-OH is 1. The summed E-state index contributed by atoms with van der Waals surface area (Å²) in [4.78, 5) is 34.3. The molecule has 1 amide bonds. The van der Waals surface area contributed by atoms with Crippen LogP contribution in [0.25, 0.3) is 5.76 Å². The first-order valence-corrected chi connectivity index (χ1v) is 11.6. The molecule has 1 atom stereocenters. The van der Waals surface area contributed by atoms with Crippen molar-refractivity contribution >= 4 is 17.4 Å². The van der Waals surface area contributed by atoms with Gasteiger partial charge < -0.3 is 14.9 Å². The molecular weight excluding hydrogens is 414 g/mol. The van der Waals surface area contributed by atoms with Gasteiger partial charge in [0.1, 0.15) is 5.76 Å². The summed E-state index contributed by atoms with van der Waals surface area (Å²) in [7, 11) is 0. The van der Waals surface area contributed by atoms with Crippen LogP contribution in [0.2, 0.25) is 0 Å². The number of likely N-dealkylation sites (N-methyl/N-ethyl adjacent to an activating group) is 1. The van der Waals surface area contributed by atoms with E-state index in [1.54, 1.807) is 29.4 Å². The van der Waals surface area contributed by atoms with E-state index in [4.69, 9.17) is 0 Å². The number of pyridine rings is 1. The molecule has 1 saturated heterocycles. The summed E-state index contributed by atoms with van der Waals surface area (Å²) in [6.45, 7) is 15.1. The number of hydrogen-bond donors (Lipinski definition) is 1. The van der Waals surface area contributed by atoms with Crippen LogP contribution in [0.4, 0.5) is 0 Å². The molecule has 0 bridgehead atoms. The first kappa shape index (κ1) is 24.6. The number of rotatable bonds is 7. The van der Waals surface area contributed by atoms with Gasteiger partial charge in [-0.05, 0) is 60.3 Å². The maximum Gasteiger partial charge on any atom is 0.295 e. The molecule has 0 aliphatic carbocycles. The molecule has 33 heavy (non-hydrogen) atoms. The Morgan fingerprint density at radius 2 is 1.73 bits per heavy atom. The molecule has 1 aromatic heterocycles. The monoisotopic (exact) mass is 449 g/mol. The third kappa shape index (κ3) is 5.01. The molecule has 2 heterocycles. The molecule has 6 heteroatoms. The standard InChI is InChI=1S/C27H35N3O3/c1-7-29(8-2)15-16-30-23(19-11-13-28-14-12-19)22(25(32)26(30)33)24(31)21-17-20(27(4,5)6)10-9-18(21)3/h9-14,17,23,31H,7-8,15-16H2,1-6H3/b24-22+. The molecular formula is C27H35N3O3. The van der Waals surface area contributed by atoms with Gasteiger partial charge in [-0.2, -0.15) is 0 Å². The molecule has 0 spiro atoms. The Hall–Kier alpha value is -2.99. The van der Waals surface area contributed by atoms with Gasteiger partial charge >= 0.3 is 0 Å². The van der Waals surface area contributed by atoms with Crippen LogP contribution in [0, 0.1) is 6.92 Å². The number of carbonyl (C=O) groups is 2. The summed E-state index contributed by atoms with van der Waals surface area (Å²) >= 11 is 0. The molecule has 1 unspecified atom stereocenters. The van der Waals surface area contributed by atoms with Gasteiger partial charge in [-0.1, -0.05) is 46.8 Å². The largest absolute Gasteiger partial charge is 0.507 e. The van der Waals surface area contributed by atoms with E-state index >= 15 is 0 Å². The van der Waals surface area contributed by atoms with Crippen molar-refractivity contribution in [2.75, 3.05) is 26.2 Å². The Morgan fingerprint density at radius 3 is 2.30 bits per heavy atom. The summed E-state index contributed by atoms with van der Waals surface area (Å²) in [5.74, 6) is -1.34. The second-order valence-corrected chi connectivity index (χ2v) is 9.58. The molecule has 1 N–H and O–H groups in total. The van der Waals surface area contributed by atoms with Crippen molar-refractivity contribution in [1.29, 1.82) is 0 Å². The second-order valence-electron chi connectivity index (χ2n) is 9.58. The Balaban J connectivity index is 2.15. The Morgan fingerprint density at radius 1 is 1.09 bits per heavy atom. The average molecular weight is 450 g/mol. The van der Waals surface area contributed by atoms with Crippen LogP contribution in [0.3, 0.4) is 0 Å². The third-order valence-electron chi connectivity index (χ3n) is 6.47. The number of carbonyl (C=O) groups excluding carboxylic acids is 2. The van der Waals surface area contributed by atoms with E-state index in [1.807, 2.05) is 25.1 Å². The number of amides is 1. The van der Waals surface area contributed by atoms with Gasteiger partial charge in [0, 0.05) is 31.0 Å². The highest BCUT2D eigenvalue weighted by atomic mass is 16.3. The maximum atomic E-state index is 13.3. The zero-order valence-electron chi connectivity index (χ0n) is 20.6. The van der Waals surface area contributed by atoms with Crippen molar-refractivity contribution in [2.24, 2.45) is 0 Å². The quantitative estimate of drug-likeness (QED) is 0.384. The smallest absolute Gasteiger partial charge is 0.295 e. The Labute approximate surface area is 196 Å². The minimum absolute atomic E-state index is 0.121. The average Bonchev–Trinajstić information content (AvgIpc) is 3.04. The van der Waals surface area contributed by atoms with Crippen LogP contribution in [-0.4, -0.2) is 57.8 Å². The lowest BCUT2D eigenvalue weighted by molar-refractivity contribution is -0.140. The number of likely N-dealkylation sites (tertiary alicyclic amines) is 1. The van der Waals surface area contributed by atoms with Crippen molar-refractivity contribution in [3.8, 4) is 0 Å². The van der Waals surface area contributed by atoms with E-state index in [0.29, 0.717) is 18.7 Å². The molecule has 0 radical (unpaired) electrons. The number of aryl methyl sites for hydroxylation is 1. The normalized spacial score (nSPS) is 18.4. The number of benzene rings is 1. The topological polar surface area (TPSA) is 73.7 Å². The molecule has 6 nitrogen and oxygen atoms in total. The highest BCUT2D eigenvalue weighted by Crippen LogP contribution is 2.40. The summed E-state index contributed by atoms with van der Waals surface area (Å²) in [5, 5.41) is 11.5. The van der Waals surface area contributed by atoms with Crippen LogP contribution in [0.5, 0.6) is 0 Å². The minimum atomic E-state index is -0.652. The van der Waals surface area contributed by atoms with Crippen LogP contribution in [0.1, 0.15) is 62.9 Å². The van der Waals surface area contributed by atoms with Gasteiger partial charge in [-0.3, -0.25) is 14.6 Å². The van der Waals surface area contributed by atoms with E-state index in [1.165, 1.54) is 0 Å². The fraction of sp³-hybridized carbons (Fsp3) is 0.444. The minimum Gasteiger partial charge on any atom is -0.507 e. The fourth-order valence-corrected chi connectivity index (χ4v) is 4.28. The molecule has 3 rings (SSSR count). The SMILES string of the molecule is CCN(CC)CCN1C(=O)C(=O)/C(=C(/O)c2cc(C(C)(C)C)ccc2C)C1c1ccncc1. The van der Waals surface area contributed by atoms with Gasteiger partial charge in [0.25, 0.3) is 11.7 Å². The zero-order valence-corrected chi connectivity index (χ0v) is 20.6. The van der Waals surface area contributed by atoms with Gasteiger partial charge in [0.2, 0.25) is 0 Å². The molecule has 1 fully saturated rings. The Kier molecular flexibility index (Phi) is 7.38. The summed E-state index contributed by atoms with van der Waals surface area (Å²) in [6.07, 6.45) is 3.29. The summed E-state index contributed by atoms with van der Waals surface area (Å²) < 4.78 is 0. The lowest BCUT2D eigenvalue weighted by atomic mass is 9.84. The van der Waals surface area contributed by atoms with Crippen LogP contribution < -0.4 is 0 Å². The van der Waals surface area contributed by atoms with Gasteiger partial charge in [-0.25, -0.2) is 0 Å². The van der Waals surface area contributed by atoms with E-state index in [-0.39, 0.29) is 16.7 Å². The number of ketones is 1. The van der Waals surface area contributed by atoms with E-state index in [9.17, 15) is 14.7 Å². The number of aliphatic hydroxyl groups is 1. The number of aromatic nitrogens is 1. The number of nitrogens with zero attached hydrogens (tertiary/aromatic N) is 3. The van der Waals surface area contributed by atoms with Crippen molar-refractivity contribution in [2.45, 2.75) is 53.0 Å². The molecule has 176 valence electrons. The fourth-order valence-electron chi connectivity index (χ4n) is 4.28.